The van der Waals surface area contributed by atoms with Crippen molar-refractivity contribution in [3.63, 3.8) is 0 Å². The van der Waals surface area contributed by atoms with Gasteiger partial charge >= 0.3 is 0 Å². The summed E-state index contributed by atoms with van der Waals surface area (Å²) in [4.78, 5) is 20.1. The quantitative estimate of drug-likeness (QED) is 0.479. The zero-order chi connectivity index (χ0) is 18.3. The lowest BCUT2D eigenvalue weighted by Crippen LogP contribution is -2.48. The average Bonchev–Trinajstić information content (AvgIpc) is 3.08. The molecule has 0 spiro atoms. The Balaban J connectivity index is 1.87. The Morgan fingerprint density at radius 2 is 2.08 bits per heavy atom. The fraction of sp³-hybridized carbons (Fsp3) is 0.412. The van der Waals surface area contributed by atoms with E-state index in [0.29, 0.717) is 12.5 Å². The number of hydrogen-bond acceptors (Lipinski definition) is 4. The number of benzene rings is 1. The Morgan fingerprint density at radius 3 is 2.72 bits per heavy atom. The lowest BCUT2D eigenvalue weighted by Gasteiger charge is -2.21. The number of carbonyl (C=O) groups is 1. The number of nitrogens with zero attached hydrogens (tertiary/aromatic N) is 3. The molecule has 0 saturated heterocycles. The van der Waals surface area contributed by atoms with Crippen LogP contribution in [0, 0.1) is 0 Å². The topological polar surface area (TPSA) is 107 Å². The summed E-state index contributed by atoms with van der Waals surface area (Å²) in [7, 11) is 1.67. The SMILES string of the molecule is CN=C(NCC(=O)NC(C)(C)C)NCc1cccc(-c2ncn[nH]2)c1. The van der Waals surface area contributed by atoms with Gasteiger partial charge < -0.3 is 16.0 Å². The van der Waals surface area contributed by atoms with Crippen LogP contribution in [0.3, 0.4) is 0 Å². The van der Waals surface area contributed by atoms with E-state index in [2.05, 4.69) is 36.1 Å². The summed E-state index contributed by atoms with van der Waals surface area (Å²) in [6, 6.07) is 7.95. The first kappa shape index (κ1) is 18.4. The molecule has 8 heteroatoms. The third-order valence-corrected chi connectivity index (χ3v) is 3.23. The molecule has 0 bridgehead atoms. The van der Waals surface area contributed by atoms with Crippen molar-refractivity contribution in [3.05, 3.63) is 36.2 Å². The summed E-state index contributed by atoms with van der Waals surface area (Å²) in [6.07, 6.45) is 1.48. The lowest BCUT2D eigenvalue weighted by atomic mass is 10.1. The molecule has 2 aromatic rings. The minimum Gasteiger partial charge on any atom is -0.352 e. The van der Waals surface area contributed by atoms with Gasteiger partial charge in [0, 0.05) is 24.7 Å². The van der Waals surface area contributed by atoms with Crippen LogP contribution in [0.15, 0.2) is 35.6 Å². The molecule has 2 rings (SSSR count). The zero-order valence-corrected chi connectivity index (χ0v) is 15.1. The summed E-state index contributed by atoms with van der Waals surface area (Å²) in [5.41, 5.74) is 1.77. The van der Waals surface area contributed by atoms with Crippen molar-refractivity contribution in [1.82, 2.24) is 31.1 Å². The predicted molar refractivity (Wildman–Crippen MR) is 97.9 cm³/mol. The van der Waals surface area contributed by atoms with Crippen LogP contribution >= 0.6 is 0 Å². The summed E-state index contributed by atoms with van der Waals surface area (Å²) in [5, 5.41) is 15.8. The van der Waals surface area contributed by atoms with E-state index in [1.165, 1.54) is 6.33 Å². The van der Waals surface area contributed by atoms with E-state index in [-0.39, 0.29) is 18.0 Å². The first-order valence-electron chi connectivity index (χ1n) is 8.07. The van der Waals surface area contributed by atoms with Crippen LogP contribution in [0.4, 0.5) is 0 Å². The van der Waals surface area contributed by atoms with E-state index in [4.69, 9.17) is 0 Å². The van der Waals surface area contributed by atoms with Crippen molar-refractivity contribution in [2.75, 3.05) is 13.6 Å². The minimum absolute atomic E-state index is 0.0808. The van der Waals surface area contributed by atoms with Crippen molar-refractivity contribution in [2.45, 2.75) is 32.9 Å². The number of aliphatic imine (C=N–C) groups is 1. The molecule has 8 nitrogen and oxygen atoms in total. The van der Waals surface area contributed by atoms with Crippen LogP contribution < -0.4 is 16.0 Å². The third kappa shape index (κ3) is 6.25. The minimum atomic E-state index is -0.253. The van der Waals surface area contributed by atoms with Crippen LogP contribution in [0.1, 0.15) is 26.3 Å². The number of hydrogen-bond donors (Lipinski definition) is 4. The van der Waals surface area contributed by atoms with Gasteiger partial charge in [-0.05, 0) is 32.4 Å². The Kier molecular flexibility index (Phi) is 6.10. The maximum atomic E-state index is 11.9. The molecule has 0 aliphatic heterocycles. The van der Waals surface area contributed by atoms with Crippen molar-refractivity contribution >= 4 is 11.9 Å². The number of aromatic amines is 1. The van der Waals surface area contributed by atoms with Crippen molar-refractivity contribution in [3.8, 4) is 11.4 Å². The molecule has 1 heterocycles. The first-order valence-corrected chi connectivity index (χ1v) is 8.07. The largest absolute Gasteiger partial charge is 0.352 e. The molecule has 0 fully saturated rings. The van der Waals surface area contributed by atoms with E-state index >= 15 is 0 Å². The van der Waals surface area contributed by atoms with Crippen molar-refractivity contribution < 1.29 is 4.79 Å². The van der Waals surface area contributed by atoms with Gasteiger partial charge in [-0.3, -0.25) is 14.9 Å². The van der Waals surface area contributed by atoms with E-state index in [9.17, 15) is 4.79 Å². The summed E-state index contributed by atoms with van der Waals surface area (Å²) in [5.74, 6) is 1.21. The van der Waals surface area contributed by atoms with Gasteiger partial charge in [-0.1, -0.05) is 18.2 Å². The normalized spacial score (nSPS) is 11.9. The van der Waals surface area contributed by atoms with Crippen LogP contribution in [-0.2, 0) is 11.3 Å². The Morgan fingerprint density at radius 1 is 1.28 bits per heavy atom. The second-order valence-corrected chi connectivity index (χ2v) is 6.61. The fourth-order valence-electron chi connectivity index (χ4n) is 2.21. The molecule has 0 aliphatic carbocycles. The molecule has 1 aromatic carbocycles. The molecule has 1 aromatic heterocycles. The van der Waals surface area contributed by atoms with E-state index < -0.39 is 0 Å². The van der Waals surface area contributed by atoms with Crippen molar-refractivity contribution in [2.24, 2.45) is 4.99 Å². The molecule has 25 heavy (non-hydrogen) atoms. The molecule has 0 unspecified atom stereocenters. The number of aromatic nitrogens is 3. The molecule has 134 valence electrons. The summed E-state index contributed by atoms with van der Waals surface area (Å²) >= 11 is 0. The maximum Gasteiger partial charge on any atom is 0.239 e. The van der Waals surface area contributed by atoms with E-state index in [0.717, 1.165) is 17.0 Å². The van der Waals surface area contributed by atoms with Gasteiger partial charge in [0.25, 0.3) is 0 Å². The second-order valence-electron chi connectivity index (χ2n) is 6.61. The van der Waals surface area contributed by atoms with Gasteiger partial charge in [0.15, 0.2) is 11.8 Å². The number of nitrogens with one attached hydrogen (secondary N) is 4. The third-order valence-electron chi connectivity index (χ3n) is 3.23. The number of H-pyrrole nitrogens is 1. The Bertz CT molecular complexity index is 717. The predicted octanol–water partition coefficient (Wildman–Crippen LogP) is 1.05. The molecular weight excluding hydrogens is 318 g/mol. The molecule has 1 amide bonds. The first-order chi connectivity index (χ1) is 11.9. The van der Waals surface area contributed by atoms with E-state index in [1.807, 2.05) is 45.0 Å². The van der Waals surface area contributed by atoms with Gasteiger partial charge in [0.1, 0.15) is 6.33 Å². The second kappa shape index (κ2) is 8.27. The van der Waals surface area contributed by atoms with Gasteiger partial charge in [-0.15, -0.1) is 0 Å². The van der Waals surface area contributed by atoms with Gasteiger partial charge in [-0.2, -0.15) is 5.10 Å². The van der Waals surface area contributed by atoms with Gasteiger partial charge in [-0.25, -0.2) is 4.98 Å². The maximum absolute atomic E-state index is 11.9. The van der Waals surface area contributed by atoms with Gasteiger partial charge in [0.2, 0.25) is 5.91 Å². The van der Waals surface area contributed by atoms with Crippen LogP contribution in [0.25, 0.3) is 11.4 Å². The number of rotatable bonds is 5. The summed E-state index contributed by atoms with van der Waals surface area (Å²) in [6.45, 7) is 6.57. The fourth-order valence-corrected chi connectivity index (χ4v) is 2.21. The van der Waals surface area contributed by atoms with E-state index in [1.54, 1.807) is 7.05 Å². The molecule has 0 atom stereocenters. The molecule has 0 aliphatic rings. The highest BCUT2D eigenvalue weighted by Crippen LogP contribution is 2.15. The average molecular weight is 343 g/mol. The lowest BCUT2D eigenvalue weighted by molar-refractivity contribution is -0.121. The molecule has 4 N–H and O–H groups in total. The summed E-state index contributed by atoms with van der Waals surface area (Å²) < 4.78 is 0. The standard InChI is InChI=1S/C17H25N7O/c1-17(2,3)23-14(25)10-20-16(18-4)19-9-12-6-5-7-13(8-12)15-21-11-22-24-15/h5-8,11H,9-10H2,1-4H3,(H,23,25)(H2,18,19,20)(H,21,22,24). The van der Waals surface area contributed by atoms with Crippen molar-refractivity contribution in [1.29, 1.82) is 0 Å². The van der Waals surface area contributed by atoms with Crippen LogP contribution in [-0.4, -0.2) is 46.2 Å². The van der Waals surface area contributed by atoms with Crippen LogP contribution in [0.5, 0.6) is 0 Å². The smallest absolute Gasteiger partial charge is 0.239 e. The highest BCUT2D eigenvalue weighted by Gasteiger charge is 2.13. The highest BCUT2D eigenvalue weighted by molar-refractivity contribution is 5.86. The zero-order valence-electron chi connectivity index (χ0n) is 15.1. The van der Waals surface area contributed by atoms with Crippen LogP contribution in [0.2, 0.25) is 0 Å². The Labute approximate surface area is 147 Å². The molecular formula is C17H25N7O. The number of amides is 1. The Hall–Kier alpha value is -2.90. The highest BCUT2D eigenvalue weighted by atomic mass is 16.2. The molecule has 0 radical (unpaired) electrons. The number of carbonyl (C=O) groups excluding carboxylic acids is 1. The molecule has 0 saturated carbocycles. The van der Waals surface area contributed by atoms with Gasteiger partial charge in [0.05, 0.1) is 6.54 Å². The monoisotopic (exact) mass is 343 g/mol. The number of guanidine groups is 1.